The molecule has 0 atom stereocenters. The lowest BCUT2D eigenvalue weighted by Gasteiger charge is -2.24. The van der Waals surface area contributed by atoms with Crippen LogP contribution in [-0.2, 0) is 17.9 Å². The van der Waals surface area contributed by atoms with Crippen molar-refractivity contribution in [3.8, 4) is 5.75 Å². The van der Waals surface area contributed by atoms with E-state index >= 15 is 0 Å². The van der Waals surface area contributed by atoms with Crippen molar-refractivity contribution in [2.24, 2.45) is 0 Å². The first-order chi connectivity index (χ1) is 18.9. The minimum Gasteiger partial charge on any atom is -0.481 e. The monoisotopic (exact) mass is 557 g/mol. The summed E-state index contributed by atoms with van der Waals surface area (Å²) in [5.41, 5.74) is 3.38. The molecular weight excluding hydrogens is 527 g/mol. The number of hydrogen-bond donors (Lipinski definition) is 3. The van der Waals surface area contributed by atoms with Gasteiger partial charge in [-0.25, -0.2) is 4.79 Å². The molecule has 0 radical (unpaired) electrons. The van der Waals surface area contributed by atoms with Gasteiger partial charge >= 0.3 is 18.4 Å². The van der Waals surface area contributed by atoms with Crippen molar-refractivity contribution in [2.75, 3.05) is 11.9 Å². The highest BCUT2D eigenvalue weighted by Crippen LogP contribution is 2.24. The molecule has 0 aliphatic rings. The standard InChI is InChI=1S/C29H30F3N3O5/c1-19(2)22-7-3-20(4-8-22)17-35(28(39)34-24-11-13-25(14-12-24)40-29(30,31)32)18-21-5-9-23(10-6-21)27(38)33-16-15-26(36)37/h3-14,19H,15-18H2,1-2H3,(H,33,38)(H,34,39)(H,36,37). The number of alkyl halides is 3. The van der Waals surface area contributed by atoms with Gasteiger partial charge in [-0.15, -0.1) is 13.2 Å². The van der Waals surface area contributed by atoms with Crippen LogP contribution in [0.3, 0.4) is 0 Å². The topological polar surface area (TPSA) is 108 Å². The number of nitrogens with zero attached hydrogens (tertiary/aromatic N) is 1. The van der Waals surface area contributed by atoms with E-state index in [1.165, 1.54) is 17.0 Å². The van der Waals surface area contributed by atoms with Crippen LogP contribution >= 0.6 is 0 Å². The van der Waals surface area contributed by atoms with Crippen molar-refractivity contribution >= 4 is 23.6 Å². The fraction of sp³-hybridized carbons (Fsp3) is 0.276. The second kappa shape index (κ2) is 13.5. The van der Waals surface area contributed by atoms with E-state index in [0.717, 1.165) is 28.8 Å². The summed E-state index contributed by atoms with van der Waals surface area (Å²) < 4.78 is 41.2. The van der Waals surface area contributed by atoms with Crippen molar-refractivity contribution in [3.63, 3.8) is 0 Å². The fourth-order valence-electron chi connectivity index (χ4n) is 3.74. The lowest BCUT2D eigenvalue weighted by atomic mass is 10.0. The summed E-state index contributed by atoms with van der Waals surface area (Å²) in [5.74, 6) is -1.48. The lowest BCUT2D eigenvalue weighted by molar-refractivity contribution is -0.274. The minimum absolute atomic E-state index is 0.00275. The van der Waals surface area contributed by atoms with Crippen LogP contribution < -0.4 is 15.4 Å². The Morgan fingerprint density at radius 1 is 0.875 bits per heavy atom. The molecule has 0 unspecified atom stereocenters. The summed E-state index contributed by atoms with van der Waals surface area (Å²) in [6, 6.07) is 18.8. The van der Waals surface area contributed by atoms with Gasteiger partial charge in [-0.2, -0.15) is 0 Å². The van der Waals surface area contributed by atoms with E-state index < -0.39 is 30.0 Å². The summed E-state index contributed by atoms with van der Waals surface area (Å²) in [6.07, 6.45) is -5.01. The number of carbonyl (C=O) groups excluding carboxylic acids is 2. The van der Waals surface area contributed by atoms with E-state index in [1.54, 1.807) is 24.3 Å². The van der Waals surface area contributed by atoms with Crippen LogP contribution in [0.25, 0.3) is 0 Å². The summed E-state index contributed by atoms with van der Waals surface area (Å²) in [6.45, 7) is 4.58. The largest absolute Gasteiger partial charge is 0.573 e. The normalized spacial score (nSPS) is 11.2. The molecule has 0 saturated heterocycles. The molecule has 212 valence electrons. The van der Waals surface area contributed by atoms with Crippen LogP contribution in [0.15, 0.2) is 72.8 Å². The fourth-order valence-corrected chi connectivity index (χ4v) is 3.74. The van der Waals surface area contributed by atoms with Crippen LogP contribution in [0.1, 0.15) is 53.2 Å². The van der Waals surface area contributed by atoms with Gasteiger partial charge in [0.25, 0.3) is 5.91 Å². The van der Waals surface area contributed by atoms with E-state index in [1.807, 2.05) is 24.3 Å². The zero-order valence-corrected chi connectivity index (χ0v) is 22.0. The van der Waals surface area contributed by atoms with Crippen molar-refractivity contribution in [1.82, 2.24) is 10.2 Å². The highest BCUT2D eigenvalue weighted by Gasteiger charge is 2.31. The Morgan fingerprint density at radius 2 is 1.43 bits per heavy atom. The molecule has 3 aromatic carbocycles. The molecule has 40 heavy (non-hydrogen) atoms. The zero-order valence-electron chi connectivity index (χ0n) is 22.0. The van der Waals surface area contributed by atoms with Gasteiger partial charge in [0.15, 0.2) is 0 Å². The number of ether oxygens (including phenoxy) is 1. The van der Waals surface area contributed by atoms with Crippen LogP contribution in [0.4, 0.5) is 23.7 Å². The van der Waals surface area contributed by atoms with Crippen molar-refractivity contribution < 1.29 is 37.4 Å². The van der Waals surface area contributed by atoms with Gasteiger partial charge in [0.05, 0.1) is 6.42 Å². The SMILES string of the molecule is CC(C)c1ccc(CN(Cc2ccc(C(=O)NCCC(=O)O)cc2)C(=O)Nc2ccc(OC(F)(F)F)cc2)cc1. The van der Waals surface area contributed by atoms with E-state index in [4.69, 9.17) is 5.11 Å². The number of urea groups is 1. The quantitative estimate of drug-likeness (QED) is 0.262. The summed E-state index contributed by atoms with van der Waals surface area (Å²) in [4.78, 5) is 37.7. The molecule has 0 heterocycles. The van der Waals surface area contributed by atoms with Gasteiger partial charge in [-0.1, -0.05) is 50.2 Å². The molecule has 3 rings (SSSR count). The maximum Gasteiger partial charge on any atom is 0.573 e. The third-order valence-electron chi connectivity index (χ3n) is 5.86. The smallest absolute Gasteiger partial charge is 0.481 e. The second-order valence-electron chi connectivity index (χ2n) is 9.35. The molecule has 3 amide bonds. The highest BCUT2D eigenvalue weighted by molar-refractivity contribution is 5.94. The molecule has 0 spiro atoms. The van der Waals surface area contributed by atoms with Gasteiger partial charge < -0.3 is 25.4 Å². The number of carbonyl (C=O) groups is 3. The Balaban J connectivity index is 1.74. The Bertz CT molecular complexity index is 1290. The Kier molecular flexibility index (Phi) is 10.1. The van der Waals surface area contributed by atoms with Gasteiger partial charge in [-0.3, -0.25) is 9.59 Å². The number of rotatable bonds is 11. The molecule has 0 aliphatic carbocycles. The molecule has 0 bridgehead atoms. The predicted molar refractivity (Wildman–Crippen MR) is 143 cm³/mol. The number of anilines is 1. The molecular formula is C29H30F3N3O5. The number of carboxylic acids is 1. The number of hydrogen-bond acceptors (Lipinski definition) is 4. The summed E-state index contributed by atoms with van der Waals surface area (Å²) in [7, 11) is 0. The molecule has 0 fully saturated rings. The maximum atomic E-state index is 13.3. The zero-order chi connectivity index (χ0) is 29.3. The van der Waals surface area contributed by atoms with Gasteiger partial charge in [-0.05, 0) is 59.0 Å². The van der Waals surface area contributed by atoms with Crippen molar-refractivity contribution in [3.05, 3.63) is 95.1 Å². The lowest BCUT2D eigenvalue weighted by Crippen LogP contribution is -2.34. The Hall–Kier alpha value is -4.54. The third-order valence-corrected chi connectivity index (χ3v) is 5.86. The van der Waals surface area contributed by atoms with Crippen molar-refractivity contribution in [1.29, 1.82) is 0 Å². The number of carboxylic acid groups (broad SMARTS) is 1. The second-order valence-corrected chi connectivity index (χ2v) is 9.35. The van der Waals surface area contributed by atoms with Gasteiger partial charge in [0.2, 0.25) is 0 Å². The molecule has 3 N–H and O–H groups in total. The minimum atomic E-state index is -4.82. The molecule has 11 heteroatoms. The Labute approximate surface area is 229 Å². The first-order valence-corrected chi connectivity index (χ1v) is 12.5. The van der Waals surface area contributed by atoms with Gasteiger partial charge in [0.1, 0.15) is 5.75 Å². The number of nitrogens with one attached hydrogen (secondary N) is 2. The summed E-state index contributed by atoms with van der Waals surface area (Å²) >= 11 is 0. The average molecular weight is 558 g/mol. The molecule has 0 aliphatic heterocycles. The van der Waals surface area contributed by atoms with E-state index in [-0.39, 0.29) is 31.7 Å². The number of amides is 3. The van der Waals surface area contributed by atoms with E-state index in [2.05, 4.69) is 29.2 Å². The van der Waals surface area contributed by atoms with Crippen LogP contribution in [0.2, 0.25) is 0 Å². The van der Waals surface area contributed by atoms with Crippen LogP contribution in [0, 0.1) is 0 Å². The average Bonchev–Trinajstić information content (AvgIpc) is 2.89. The number of aliphatic carboxylic acids is 1. The summed E-state index contributed by atoms with van der Waals surface area (Å²) in [5, 5.41) is 14.0. The maximum absolute atomic E-state index is 13.3. The molecule has 3 aromatic rings. The molecule has 8 nitrogen and oxygen atoms in total. The molecule has 0 saturated carbocycles. The molecule has 0 aromatic heterocycles. The number of benzene rings is 3. The highest BCUT2D eigenvalue weighted by atomic mass is 19.4. The van der Waals surface area contributed by atoms with Crippen LogP contribution in [-0.4, -0.2) is 40.8 Å². The van der Waals surface area contributed by atoms with Gasteiger partial charge in [0, 0.05) is 30.9 Å². The van der Waals surface area contributed by atoms with E-state index in [9.17, 15) is 27.6 Å². The Morgan fingerprint density at radius 3 is 1.93 bits per heavy atom. The first kappa shape index (κ1) is 30.0. The van der Waals surface area contributed by atoms with E-state index in [0.29, 0.717) is 11.5 Å². The predicted octanol–water partition coefficient (Wildman–Crippen LogP) is 6.15. The third kappa shape index (κ3) is 9.64. The first-order valence-electron chi connectivity index (χ1n) is 12.5. The number of halogens is 3. The van der Waals surface area contributed by atoms with Crippen LogP contribution in [0.5, 0.6) is 5.75 Å². The van der Waals surface area contributed by atoms with Crippen molar-refractivity contribution in [2.45, 2.75) is 45.6 Å².